The van der Waals surface area contributed by atoms with Crippen LogP contribution in [-0.4, -0.2) is 57.6 Å². The number of carbonyl (C=O) groups excluding carboxylic acids is 1. The second-order valence-electron chi connectivity index (χ2n) is 10.5. The number of benzene rings is 1. The second kappa shape index (κ2) is 9.38. The molecule has 2 fully saturated rings. The summed E-state index contributed by atoms with van der Waals surface area (Å²) >= 11 is 1.79. The minimum absolute atomic E-state index is 0.192. The van der Waals surface area contributed by atoms with Crippen molar-refractivity contribution in [3.05, 3.63) is 59.0 Å². The number of pyridine rings is 1. The molecule has 6 nitrogen and oxygen atoms in total. The zero-order chi connectivity index (χ0) is 23.9. The monoisotopic (exact) mass is 484 g/mol. The first-order valence-electron chi connectivity index (χ1n) is 12.1. The Bertz CT molecular complexity index is 1030. The second-order valence-corrected chi connectivity index (χ2v) is 11.5. The Morgan fingerprint density at radius 1 is 1.12 bits per heavy atom. The van der Waals surface area contributed by atoms with Gasteiger partial charge in [-0.2, -0.15) is 0 Å². The quantitative estimate of drug-likeness (QED) is 0.569. The summed E-state index contributed by atoms with van der Waals surface area (Å²) in [7, 11) is 0. The lowest BCUT2D eigenvalue weighted by Gasteiger charge is -2.42. The Kier molecular flexibility index (Phi) is 6.46. The van der Waals surface area contributed by atoms with E-state index in [9.17, 15) is 9.18 Å². The van der Waals surface area contributed by atoms with Crippen LogP contribution in [0.4, 0.5) is 15.0 Å². The molecule has 0 spiro atoms. The van der Waals surface area contributed by atoms with E-state index in [1.54, 1.807) is 11.9 Å². The molecule has 4 heterocycles. The third-order valence-electron chi connectivity index (χ3n) is 6.72. The Labute approximate surface area is 205 Å². The van der Waals surface area contributed by atoms with Crippen LogP contribution < -0.4 is 4.90 Å². The molecule has 2 unspecified atom stereocenters. The maximum Gasteiger partial charge on any atom is 0.410 e. The first-order chi connectivity index (χ1) is 16.2. The topological polar surface area (TPSA) is 48.9 Å². The smallest absolute Gasteiger partial charge is 0.410 e. The van der Waals surface area contributed by atoms with Gasteiger partial charge in [-0.1, -0.05) is 30.1 Å². The molecule has 2 atom stereocenters. The fourth-order valence-electron chi connectivity index (χ4n) is 5.13. The molecule has 0 aliphatic carbocycles. The third-order valence-corrected chi connectivity index (χ3v) is 7.86. The summed E-state index contributed by atoms with van der Waals surface area (Å²) in [6.45, 7) is 8.94. The Morgan fingerprint density at radius 3 is 2.50 bits per heavy atom. The van der Waals surface area contributed by atoms with E-state index in [0.29, 0.717) is 25.2 Å². The number of piperazine rings is 1. The molecule has 2 bridgehead atoms. The van der Waals surface area contributed by atoms with Crippen LogP contribution in [0, 0.1) is 5.82 Å². The lowest BCUT2D eigenvalue weighted by molar-refractivity contribution is 0.0209. The molecular formula is C26H33FN4O2S. The largest absolute Gasteiger partial charge is 0.444 e. The summed E-state index contributed by atoms with van der Waals surface area (Å²) in [6.07, 6.45) is 2.88. The molecule has 5 rings (SSSR count). The standard InChI is InChI=1S/C26H33FN4O2S/c1-26(2,3)33-25(32)29-15-21-9-10-22(16-29)31(21)24-11-6-19-14-30(13-12-23(19)28-24)34-17-18-4-7-20(27)8-5-18/h4-8,11,21-22H,9-10,12-17H2,1-3H3. The number of halogens is 1. The number of likely N-dealkylation sites (tertiary alicyclic amines) is 1. The van der Waals surface area contributed by atoms with Crippen LogP contribution in [0.3, 0.4) is 0 Å². The van der Waals surface area contributed by atoms with Crippen LogP contribution in [-0.2, 0) is 23.5 Å². The number of hydrogen-bond acceptors (Lipinski definition) is 6. The lowest BCUT2D eigenvalue weighted by atomic mass is 10.1. The Balaban J connectivity index is 1.21. The number of rotatable bonds is 4. The summed E-state index contributed by atoms with van der Waals surface area (Å²) in [5.41, 5.74) is 3.12. The van der Waals surface area contributed by atoms with E-state index < -0.39 is 5.60 Å². The zero-order valence-electron chi connectivity index (χ0n) is 20.2. The van der Waals surface area contributed by atoms with Crippen molar-refractivity contribution in [2.75, 3.05) is 24.5 Å². The molecule has 0 N–H and O–H groups in total. The molecule has 2 saturated heterocycles. The van der Waals surface area contributed by atoms with Crippen molar-refractivity contribution < 1.29 is 13.9 Å². The molecule has 1 amide bonds. The van der Waals surface area contributed by atoms with E-state index >= 15 is 0 Å². The molecule has 0 radical (unpaired) electrons. The fraction of sp³-hybridized carbons (Fsp3) is 0.538. The van der Waals surface area contributed by atoms with E-state index in [1.165, 1.54) is 23.4 Å². The van der Waals surface area contributed by atoms with Crippen molar-refractivity contribution >= 4 is 23.9 Å². The molecular weight excluding hydrogens is 451 g/mol. The molecule has 1 aromatic carbocycles. The highest BCUT2D eigenvalue weighted by molar-refractivity contribution is 7.96. The number of fused-ring (bicyclic) bond motifs is 3. The summed E-state index contributed by atoms with van der Waals surface area (Å²) in [4.78, 5) is 22.0. The van der Waals surface area contributed by atoms with Crippen LogP contribution in [0.5, 0.6) is 0 Å². The van der Waals surface area contributed by atoms with Crippen LogP contribution in [0.15, 0.2) is 36.4 Å². The first-order valence-corrected chi connectivity index (χ1v) is 13.1. The summed E-state index contributed by atoms with van der Waals surface area (Å²) in [5, 5.41) is 0. The maximum atomic E-state index is 13.1. The number of nitrogens with zero attached hydrogens (tertiary/aromatic N) is 4. The molecule has 8 heteroatoms. The molecule has 0 saturated carbocycles. The highest BCUT2D eigenvalue weighted by Gasteiger charge is 2.43. The van der Waals surface area contributed by atoms with Gasteiger partial charge in [0.05, 0.1) is 0 Å². The number of amides is 1. The number of carbonyl (C=O) groups is 1. The summed E-state index contributed by atoms with van der Waals surface area (Å²) < 4.78 is 21.1. The average molecular weight is 485 g/mol. The molecule has 3 aliphatic rings. The van der Waals surface area contributed by atoms with Gasteiger partial charge in [-0.05, 0) is 62.9 Å². The van der Waals surface area contributed by atoms with Crippen molar-refractivity contribution in [2.24, 2.45) is 0 Å². The van der Waals surface area contributed by atoms with Crippen molar-refractivity contribution in [1.82, 2.24) is 14.2 Å². The van der Waals surface area contributed by atoms with E-state index in [1.807, 2.05) is 37.8 Å². The van der Waals surface area contributed by atoms with Crippen molar-refractivity contribution in [3.8, 4) is 0 Å². The van der Waals surface area contributed by atoms with E-state index in [0.717, 1.165) is 49.5 Å². The molecule has 1 aromatic heterocycles. The van der Waals surface area contributed by atoms with Gasteiger partial charge in [0, 0.05) is 56.1 Å². The summed E-state index contributed by atoms with van der Waals surface area (Å²) in [5.74, 6) is 1.69. The van der Waals surface area contributed by atoms with Gasteiger partial charge in [0.1, 0.15) is 17.2 Å². The van der Waals surface area contributed by atoms with Gasteiger partial charge in [0.25, 0.3) is 0 Å². The predicted octanol–water partition coefficient (Wildman–Crippen LogP) is 5.02. The van der Waals surface area contributed by atoms with E-state index in [2.05, 4.69) is 21.3 Å². The van der Waals surface area contributed by atoms with Gasteiger partial charge < -0.3 is 14.5 Å². The SMILES string of the molecule is CC(C)(C)OC(=O)N1CC2CCC(C1)N2c1ccc2c(n1)CCN(SCc1ccc(F)cc1)C2. The van der Waals surface area contributed by atoms with Crippen LogP contribution in [0.25, 0.3) is 0 Å². The molecule has 34 heavy (non-hydrogen) atoms. The minimum atomic E-state index is -0.474. The first kappa shape index (κ1) is 23.4. The lowest BCUT2D eigenvalue weighted by Crippen LogP contribution is -2.56. The van der Waals surface area contributed by atoms with Gasteiger partial charge in [-0.25, -0.2) is 18.5 Å². The zero-order valence-corrected chi connectivity index (χ0v) is 21.0. The van der Waals surface area contributed by atoms with Gasteiger partial charge in [0.2, 0.25) is 0 Å². The maximum absolute atomic E-state index is 13.1. The number of anilines is 1. The minimum Gasteiger partial charge on any atom is -0.444 e. The normalized spacial score (nSPS) is 22.6. The van der Waals surface area contributed by atoms with Crippen molar-refractivity contribution in [2.45, 2.75) is 70.0 Å². The van der Waals surface area contributed by atoms with Gasteiger partial charge in [-0.15, -0.1) is 0 Å². The number of ether oxygens (including phenoxy) is 1. The van der Waals surface area contributed by atoms with Crippen LogP contribution >= 0.6 is 11.9 Å². The highest BCUT2D eigenvalue weighted by Crippen LogP contribution is 2.36. The average Bonchev–Trinajstić information content (AvgIpc) is 3.06. The number of hydrogen-bond donors (Lipinski definition) is 0. The van der Waals surface area contributed by atoms with Gasteiger partial charge >= 0.3 is 6.09 Å². The van der Waals surface area contributed by atoms with Crippen LogP contribution in [0.2, 0.25) is 0 Å². The van der Waals surface area contributed by atoms with Crippen LogP contribution in [0.1, 0.15) is 50.4 Å². The van der Waals surface area contributed by atoms with Gasteiger partial charge in [-0.3, -0.25) is 0 Å². The fourth-order valence-corrected chi connectivity index (χ4v) is 6.11. The van der Waals surface area contributed by atoms with Crippen molar-refractivity contribution in [1.29, 1.82) is 0 Å². The molecule has 182 valence electrons. The Morgan fingerprint density at radius 2 is 1.82 bits per heavy atom. The molecule has 3 aliphatic heterocycles. The van der Waals surface area contributed by atoms with E-state index in [4.69, 9.17) is 9.72 Å². The van der Waals surface area contributed by atoms with Crippen molar-refractivity contribution in [3.63, 3.8) is 0 Å². The third kappa shape index (κ3) is 5.18. The number of aromatic nitrogens is 1. The van der Waals surface area contributed by atoms with E-state index in [-0.39, 0.29) is 11.9 Å². The predicted molar refractivity (Wildman–Crippen MR) is 133 cm³/mol. The summed E-state index contributed by atoms with van der Waals surface area (Å²) in [6, 6.07) is 11.7. The Hall–Kier alpha value is -2.32. The highest BCUT2D eigenvalue weighted by atomic mass is 32.2. The van der Waals surface area contributed by atoms with Gasteiger partial charge in [0.15, 0.2) is 0 Å². The molecule has 2 aromatic rings.